The smallest absolute Gasteiger partial charge is 0.224 e. The van der Waals surface area contributed by atoms with E-state index in [2.05, 4.69) is 15.4 Å². The van der Waals surface area contributed by atoms with E-state index in [1.54, 1.807) is 0 Å². The van der Waals surface area contributed by atoms with Crippen LogP contribution in [0.3, 0.4) is 0 Å². The normalized spacial score (nSPS) is 11.3. The fraction of sp³-hybridized carbons (Fsp3) is 0.286. The Morgan fingerprint density at radius 1 is 1.19 bits per heavy atom. The Morgan fingerprint density at radius 3 is 2.52 bits per heavy atom. The molecule has 0 amide bonds. The molecule has 112 valence electrons. The fourth-order valence-corrected chi connectivity index (χ4v) is 1.56. The summed E-state index contributed by atoms with van der Waals surface area (Å²) < 4.78 is 32.1. The summed E-state index contributed by atoms with van der Waals surface area (Å²) in [5.41, 5.74) is 2.04. The fourth-order valence-electron chi connectivity index (χ4n) is 1.56. The molecule has 0 fully saturated rings. The van der Waals surface area contributed by atoms with E-state index in [1.807, 2.05) is 20.8 Å². The number of hydrogen-bond donors (Lipinski definition) is 2. The SMILES string of the molecule is CC(C)(C)c1nc(NN)cc(Oc2cccc(F)c2F)n1. The number of hydrazine groups is 1. The molecule has 3 N–H and O–H groups in total. The van der Waals surface area contributed by atoms with Crippen molar-refractivity contribution in [3.8, 4) is 11.6 Å². The van der Waals surface area contributed by atoms with Crippen LogP contribution in [0.25, 0.3) is 0 Å². The molecule has 0 aliphatic carbocycles. The predicted octanol–water partition coefficient (Wildman–Crippen LogP) is 3.13. The number of nitrogens with two attached hydrogens (primary N) is 1. The van der Waals surface area contributed by atoms with Crippen LogP contribution in [0, 0.1) is 11.6 Å². The number of hydrogen-bond acceptors (Lipinski definition) is 5. The second kappa shape index (κ2) is 5.61. The third kappa shape index (κ3) is 3.43. The van der Waals surface area contributed by atoms with Crippen LogP contribution in [0.5, 0.6) is 11.6 Å². The minimum absolute atomic E-state index is 0.0763. The second-order valence-corrected chi connectivity index (χ2v) is 5.46. The molecule has 0 unspecified atom stereocenters. The van der Waals surface area contributed by atoms with E-state index in [0.717, 1.165) is 6.07 Å². The quantitative estimate of drug-likeness (QED) is 0.672. The molecule has 7 heteroatoms. The highest BCUT2D eigenvalue weighted by Crippen LogP contribution is 2.28. The van der Waals surface area contributed by atoms with Crippen molar-refractivity contribution in [1.82, 2.24) is 9.97 Å². The first-order valence-corrected chi connectivity index (χ1v) is 6.29. The van der Waals surface area contributed by atoms with Crippen molar-refractivity contribution in [1.29, 1.82) is 0 Å². The number of nitrogens with zero attached hydrogens (tertiary/aromatic N) is 2. The summed E-state index contributed by atoms with van der Waals surface area (Å²) in [6.45, 7) is 5.74. The minimum Gasteiger partial charge on any atom is -0.436 e. The second-order valence-electron chi connectivity index (χ2n) is 5.46. The number of nitrogens with one attached hydrogen (secondary N) is 1. The molecule has 0 atom stereocenters. The van der Waals surface area contributed by atoms with Gasteiger partial charge in [-0.1, -0.05) is 26.8 Å². The predicted molar refractivity (Wildman–Crippen MR) is 75.0 cm³/mol. The van der Waals surface area contributed by atoms with Gasteiger partial charge in [0.05, 0.1) is 0 Å². The van der Waals surface area contributed by atoms with Crippen LogP contribution >= 0.6 is 0 Å². The Kier molecular flexibility index (Phi) is 4.04. The van der Waals surface area contributed by atoms with Crippen molar-refractivity contribution in [3.05, 3.63) is 41.7 Å². The minimum atomic E-state index is -1.07. The molecule has 0 bridgehead atoms. The molecule has 0 aliphatic rings. The van der Waals surface area contributed by atoms with E-state index < -0.39 is 11.6 Å². The van der Waals surface area contributed by atoms with E-state index in [0.29, 0.717) is 11.6 Å². The number of aromatic nitrogens is 2. The van der Waals surface area contributed by atoms with Gasteiger partial charge in [0, 0.05) is 11.5 Å². The molecule has 0 saturated carbocycles. The lowest BCUT2D eigenvalue weighted by molar-refractivity contribution is 0.399. The van der Waals surface area contributed by atoms with Crippen molar-refractivity contribution < 1.29 is 13.5 Å². The summed E-state index contributed by atoms with van der Waals surface area (Å²) in [5.74, 6) is 3.89. The lowest BCUT2D eigenvalue weighted by Gasteiger charge is -2.18. The van der Waals surface area contributed by atoms with Crippen molar-refractivity contribution in [2.75, 3.05) is 5.43 Å². The van der Waals surface area contributed by atoms with E-state index >= 15 is 0 Å². The van der Waals surface area contributed by atoms with Gasteiger partial charge in [0.25, 0.3) is 0 Å². The molecular weight excluding hydrogens is 278 g/mol. The summed E-state index contributed by atoms with van der Waals surface area (Å²) in [4.78, 5) is 8.41. The molecule has 2 rings (SSSR count). The summed E-state index contributed by atoms with van der Waals surface area (Å²) in [7, 11) is 0. The van der Waals surface area contributed by atoms with Crippen LogP contribution in [0.15, 0.2) is 24.3 Å². The molecule has 0 saturated heterocycles. The lowest BCUT2D eigenvalue weighted by atomic mass is 9.96. The third-order valence-corrected chi connectivity index (χ3v) is 2.65. The molecule has 21 heavy (non-hydrogen) atoms. The molecule has 0 spiro atoms. The summed E-state index contributed by atoms with van der Waals surface area (Å²) in [5, 5.41) is 0. The summed E-state index contributed by atoms with van der Waals surface area (Å²) in [6, 6.07) is 5.07. The highest BCUT2D eigenvalue weighted by molar-refractivity contribution is 5.40. The van der Waals surface area contributed by atoms with E-state index in [-0.39, 0.29) is 17.0 Å². The summed E-state index contributed by atoms with van der Waals surface area (Å²) in [6.07, 6.45) is 0. The highest BCUT2D eigenvalue weighted by atomic mass is 19.2. The van der Waals surface area contributed by atoms with Gasteiger partial charge in [-0.3, -0.25) is 0 Å². The topological polar surface area (TPSA) is 73.1 Å². The van der Waals surface area contributed by atoms with Gasteiger partial charge in [-0.25, -0.2) is 15.2 Å². The van der Waals surface area contributed by atoms with E-state index in [9.17, 15) is 8.78 Å². The maximum Gasteiger partial charge on any atom is 0.224 e. The van der Waals surface area contributed by atoms with Crippen LogP contribution < -0.4 is 16.0 Å². The zero-order valence-electron chi connectivity index (χ0n) is 11.9. The first-order valence-electron chi connectivity index (χ1n) is 6.29. The van der Waals surface area contributed by atoms with Gasteiger partial charge >= 0.3 is 0 Å². The standard InChI is InChI=1S/C14H16F2N4O/c1-14(2,3)13-18-10(20-17)7-11(19-13)21-9-6-4-5-8(15)12(9)16/h4-7H,17H2,1-3H3,(H,18,19,20). The van der Waals surface area contributed by atoms with Gasteiger partial charge in [-0.15, -0.1) is 0 Å². The zero-order chi connectivity index (χ0) is 15.6. The largest absolute Gasteiger partial charge is 0.436 e. The van der Waals surface area contributed by atoms with Gasteiger partial charge in [0.2, 0.25) is 11.7 Å². The van der Waals surface area contributed by atoms with Gasteiger partial charge in [-0.05, 0) is 12.1 Å². The zero-order valence-corrected chi connectivity index (χ0v) is 11.9. The molecule has 5 nitrogen and oxygen atoms in total. The van der Waals surface area contributed by atoms with Gasteiger partial charge in [0.1, 0.15) is 11.6 Å². The first kappa shape index (κ1) is 15.1. The van der Waals surface area contributed by atoms with E-state index in [4.69, 9.17) is 10.6 Å². The van der Waals surface area contributed by atoms with Crippen LogP contribution in [0.4, 0.5) is 14.6 Å². The Labute approximate surface area is 121 Å². The maximum absolute atomic E-state index is 13.6. The third-order valence-electron chi connectivity index (χ3n) is 2.65. The molecule has 1 aromatic carbocycles. The Balaban J connectivity index is 2.42. The van der Waals surface area contributed by atoms with Crippen molar-refractivity contribution >= 4 is 5.82 Å². The Hall–Kier alpha value is -2.28. The van der Waals surface area contributed by atoms with Gasteiger partial charge in [-0.2, -0.15) is 9.37 Å². The van der Waals surface area contributed by atoms with Crippen LogP contribution in [0.2, 0.25) is 0 Å². The number of ether oxygens (including phenoxy) is 1. The number of rotatable bonds is 3. The van der Waals surface area contributed by atoms with E-state index in [1.165, 1.54) is 18.2 Å². The maximum atomic E-state index is 13.6. The molecule has 0 radical (unpaired) electrons. The monoisotopic (exact) mass is 294 g/mol. The Morgan fingerprint density at radius 2 is 1.90 bits per heavy atom. The number of nitrogen functional groups attached to an aromatic ring is 1. The van der Waals surface area contributed by atoms with Gasteiger partial charge in [0.15, 0.2) is 11.6 Å². The summed E-state index contributed by atoms with van der Waals surface area (Å²) >= 11 is 0. The first-order chi connectivity index (χ1) is 9.81. The average Bonchev–Trinajstić information content (AvgIpc) is 2.42. The number of benzene rings is 1. The number of anilines is 1. The Bertz CT molecular complexity index is 656. The molecule has 0 aliphatic heterocycles. The van der Waals surface area contributed by atoms with Crippen LogP contribution in [-0.2, 0) is 5.41 Å². The highest BCUT2D eigenvalue weighted by Gasteiger charge is 2.20. The molecular formula is C14H16F2N4O. The van der Waals surface area contributed by atoms with Crippen molar-refractivity contribution in [2.45, 2.75) is 26.2 Å². The lowest BCUT2D eigenvalue weighted by Crippen LogP contribution is -2.19. The molecule has 2 aromatic rings. The molecule has 1 aromatic heterocycles. The van der Waals surface area contributed by atoms with Crippen molar-refractivity contribution in [2.24, 2.45) is 5.84 Å². The van der Waals surface area contributed by atoms with Crippen molar-refractivity contribution in [3.63, 3.8) is 0 Å². The van der Waals surface area contributed by atoms with Crippen LogP contribution in [-0.4, -0.2) is 9.97 Å². The molecule has 1 heterocycles. The van der Waals surface area contributed by atoms with Crippen LogP contribution in [0.1, 0.15) is 26.6 Å². The van der Waals surface area contributed by atoms with Gasteiger partial charge < -0.3 is 10.2 Å². The number of halogens is 2. The average molecular weight is 294 g/mol.